The van der Waals surface area contributed by atoms with Crippen molar-refractivity contribution in [3.8, 4) is 5.75 Å². The maximum atomic E-state index is 5.80. The third-order valence-corrected chi connectivity index (χ3v) is 4.22. The standard InChI is InChI=1S/C16H27N3O/c1-3-14(12-17)13-18-7-9-19(10-8-18)15-5-4-6-16(11-15)20-2/h4-6,11,14H,3,7-10,12-13,17H2,1-2H3. The highest BCUT2D eigenvalue weighted by Crippen LogP contribution is 2.22. The van der Waals surface area contributed by atoms with Gasteiger partial charge in [-0.25, -0.2) is 0 Å². The average Bonchev–Trinajstić information content (AvgIpc) is 2.53. The second-order valence-electron chi connectivity index (χ2n) is 5.50. The molecule has 20 heavy (non-hydrogen) atoms. The minimum Gasteiger partial charge on any atom is -0.497 e. The molecule has 4 heteroatoms. The lowest BCUT2D eigenvalue weighted by Crippen LogP contribution is -2.48. The molecule has 0 radical (unpaired) electrons. The van der Waals surface area contributed by atoms with Gasteiger partial charge in [0.25, 0.3) is 0 Å². The van der Waals surface area contributed by atoms with E-state index in [1.165, 1.54) is 12.1 Å². The Bertz CT molecular complexity index is 398. The van der Waals surface area contributed by atoms with Crippen LogP contribution in [0.3, 0.4) is 0 Å². The number of anilines is 1. The maximum Gasteiger partial charge on any atom is 0.120 e. The van der Waals surface area contributed by atoms with E-state index < -0.39 is 0 Å². The van der Waals surface area contributed by atoms with E-state index in [0.29, 0.717) is 5.92 Å². The molecule has 1 aliphatic heterocycles. The zero-order valence-corrected chi connectivity index (χ0v) is 12.7. The number of methoxy groups -OCH3 is 1. The molecule has 4 nitrogen and oxygen atoms in total. The van der Waals surface area contributed by atoms with Crippen LogP contribution < -0.4 is 15.4 Å². The van der Waals surface area contributed by atoms with Crippen molar-refractivity contribution in [2.75, 3.05) is 51.3 Å². The molecule has 2 rings (SSSR count). The molecule has 2 N–H and O–H groups in total. The van der Waals surface area contributed by atoms with E-state index in [2.05, 4.69) is 34.9 Å². The summed E-state index contributed by atoms with van der Waals surface area (Å²) in [4.78, 5) is 4.97. The molecule has 0 amide bonds. The fourth-order valence-electron chi connectivity index (χ4n) is 2.73. The first-order valence-electron chi connectivity index (χ1n) is 7.58. The van der Waals surface area contributed by atoms with E-state index in [9.17, 15) is 0 Å². The number of rotatable bonds is 6. The van der Waals surface area contributed by atoms with Gasteiger partial charge in [0.15, 0.2) is 0 Å². The molecule has 1 atom stereocenters. The van der Waals surface area contributed by atoms with Crippen LogP contribution in [0.2, 0.25) is 0 Å². The Kier molecular flexibility index (Phi) is 5.68. The monoisotopic (exact) mass is 277 g/mol. The molecule has 0 spiro atoms. The summed E-state index contributed by atoms with van der Waals surface area (Å²) in [5.74, 6) is 1.57. The van der Waals surface area contributed by atoms with Gasteiger partial charge in [-0.2, -0.15) is 0 Å². The van der Waals surface area contributed by atoms with Crippen LogP contribution in [0, 0.1) is 5.92 Å². The van der Waals surface area contributed by atoms with Gasteiger partial charge in [-0.15, -0.1) is 0 Å². The van der Waals surface area contributed by atoms with Crippen molar-refractivity contribution in [1.82, 2.24) is 4.90 Å². The summed E-state index contributed by atoms with van der Waals surface area (Å²) in [6.07, 6.45) is 1.17. The summed E-state index contributed by atoms with van der Waals surface area (Å²) < 4.78 is 5.30. The van der Waals surface area contributed by atoms with E-state index in [-0.39, 0.29) is 0 Å². The average molecular weight is 277 g/mol. The van der Waals surface area contributed by atoms with E-state index in [0.717, 1.165) is 45.0 Å². The molecular weight excluding hydrogens is 250 g/mol. The first-order chi connectivity index (χ1) is 9.76. The smallest absolute Gasteiger partial charge is 0.120 e. The highest BCUT2D eigenvalue weighted by molar-refractivity contribution is 5.51. The number of hydrogen-bond acceptors (Lipinski definition) is 4. The number of nitrogens with two attached hydrogens (primary N) is 1. The van der Waals surface area contributed by atoms with Crippen LogP contribution in [0.1, 0.15) is 13.3 Å². The molecule has 0 aromatic heterocycles. The van der Waals surface area contributed by atoms with Gasteiger partial charge in [0.1, 0.15) is 5.75 Å². The summed E-state index contributed by atoms with van der Waals surface area (Å²) >= 11 is 0. The Morgan fingerprint density at radius 3 is 2.60 bits per heavy atom. The van der Waals surface area contributed by atoms with Crippen molar-refractivity contribution in [2.45, 2.75) is 13.3 Å². The van der Waals surface area contributed by atoms with Gasteiger partial charge in [-0.05, 0) is 24.6 Å². The van der Waals surface area contributed by atoms with Crippen LogP contribution in [0.15, 0.2) is 24.3 Å². The molecule has 1 saturated heterocycles. The van der Waals surface area contributed by atoms with Gasteiger partial charge in [-0.1, -0.05) is 19.4 Å². The predicted octanol–water partition coefficient (Wildman–Crippen LogP) is 1.80. The summed E-state index contributed by atoms with van der Waals surface area (Å²) in [7, 11) is 1.72. The zero-order chi connectivity index (χ0) is 14.4. The molecule has 1 aromatic carbocycles. The molecule has 0 bridgehead atoms. The van der Waals surface area contributed by atoms with E-state index >= 15 is 0 Å². The quantitative estimate of drug-likeness (QED) is 0.861. The van der Waals surface area contributed by atoms with Crippen molar-refractivity contribution >= 4 is 5.69 Å². The lowest BCUT2D eigenvalue weighted by molar-refractivity contribution is 0.218. The van der Waals surface area contributed by atoms with Gasteiger partial charge in [0.2, 0.25) is 0 Å². The first kappa shape index (κ1) is 15.1. The topological polar surface area (TPSA) is 41.7 Å². The number of ether oxygens (including phenoxy) is 1. The highest BCUT2D eigenvalue weighted by Gasteiger charge is 2.19. The van der Waals surface area contributed by atoms with Crippen LogP contribution in [-0.4, -0.2) is 51.3 Å². The molecule has 1 aromatic rings. The molecule has 0 saturated carbocycles. The van der Waals surface area contributed by atoms with Gasteiger partial charge in [-0.3, -0.25) is 4.90 Å². The molecule has 112 valence electrons. The minimum absolute atomic E-state index is 0.637. The fraction of sp³-hybridized carbons (Fsp3) is 0.625. The third kappa shape index (κ3) is 3.87. The highest BCUT2D eigenvalue weighted by atomic mass is 16.5. The predicted molar refractivity (Wildman–Crippen MR) is 84.5 cm³/mol. The van der Waals surface area contributed by atoms with Gasteiger partial charge >= 0.3 is 0 Å². The van der Waals surface area contributed by atoms with E-state index in [1.54, 1.807) is 7.11 Å². The van der Waals surface area contributed by atoms with Gasteiger partial charge in [0, 0.05) is 44.5 Å². The number of hydrogen-bond donors (Lipinski definition) is 1. The number of nitrogens with zero attached hydrogens (tertiary/aromatic N) is 2. The molecule has 1 aliphatic rings. The third-order valence-electron chi connectivity index (χ3n) is 4.22. The second-order valence-corrected chi connectivity index (χ2v) is 5.50. The van der Waals surface area contributed by atoms with Crippen LogP contribution in [-0.2, 0) is 0 Å². The zero-order valence-electron chi connectivity index (χ0n) is 12.7. The summed E-state index contributed by atoms with van der Waals surface area (Å²) in [6.45, 7) is 8.55. The lowest BCUT2D eigenvalue weighted by atomic mass is 10.1. The SMILES string of the molecule is CCC(CN)CN1CCN(c2cccc(OC)c2)CC1. The molecule has 1 fully saturated rings. The molecule has 1 unspecified atom stereocenters. The van der Waals surface area contributed by atoms with E-state index in [4.69, 9.17) is 10.5 Å². The van der Waals surface area contributed by atoms with Gasteiger partial charge in [0.05, 0.1) is 7.11 Å². The first-order valence-corrected chi connectivity index (χ1v) is 7.58. The Labute approximate surface area is 122 Å². The van der Waals surface area contributed by atoms with E-state index in [1.807, 2.05) is 6.07 Å². The largest absolute Gasteiger partial charge is 0.497 e. The van der Waals surface area contributed by atoms with Crippen LogP contribution in [0.5, 0.6) is 5.75 Å². The number of piperazine rings is 1. The molecule has 1 heterocycles. The van der Waals surface area contributed by atoms with Crippen LogP contribution in [0.4, 0.5) is 5.69 Å². The molecule has 0 aliphatic carbocycles. The summed E-state index contributed by atoms with van der Waals surface area (Å²) in [6, 6.07) is 8.33. The van der Waals surface area contributed by atoms with Crippen molar-refractivity contribution < 1.29 is 4.74 Å². The van der Waals surface area contributed by atoms with Crippen molar-refractivity contribution in [2.24, 2.45) is 11.7 Å². The lowest BCUT2D eigenvalue weighted by Gasteiger charge is -2.37. The van der Waals surface area contributed by atoms with Crippen LogP contribution in [0.25, 0.3) is 0 Å². The van der Waals surface area contributed by atoms with Crippen LogP contribution >= 0.6 is 0 Å². The minimum atomic E-state index is 0.637. The molecular formula is C16H27N3O. The number of benzene rings is 1. The normalized spacial score (nSPS) is 18.1. The Hall–Kier alpha value is -1.26. The maximum absolute atomic E-state index is 5.80. The second kappa shape index (κ2) is 7.50. The fourth-order valence-corrected chi connectivity index (χ4v) is 2.73. The van der Waals surface area contributed by atoms with Crippen molar-refractivity contribution in [3.63, 3.8) is 0 Å². The van der Waals surface area contributed by atoms with Crippen molar-refractivity contribution in [3.05, 3.63) is 24.3 Å². The summed E-state index contributed by atoms with van der Waals surface area (Å²) in [5, 5.41) is 0. The Balaban J connectivity index is 1.87. The van der Waals surface area contributed by atoms with Crippen molar-refractivity contribution in [1.29, 1.82) is 0 Å². The van der Waals surface area contributed by atoms with Gasteiger partial charge < -0.3 is 15.4 Å². The Morgan fingerprint density at radius 2 is 2.00 bits per heavy atom. The summed E-state index contributed by atoms with van der Waals surface area (Å²) in [5.41, 5.74) is 7.06. The Morgan fingerprint density at radius 1 is 1.25 bits per heavy atom.